The average molecular weight is 414 g/mol. The van der Waals surface area contributed by atoms with Crippen molar-refractivity contribution in [3.05, 3.63) is 67.8 Å². The van der Waals surface area contributed by atoms with Crippen molar-refractivity contribution in [3.63, 3.8) is 0 Å². The highest BCUT2D eigenvalue weighted by Gasteiger charge is 2.18. The van der Waals surface area contributed by atoms with Crippen LogP contribution >= 0.6 is 31.9 Å². The van der Waals surface area contributed by atoms with Gasteiger partial charge in [0.2, 0.25) is 0 Å². The molecule has 0 aliphatic heterocycles. The smallest absolute Gasteiger partial charge is 0.306 e. The summed E-state index contributed by atoms with van der Waals surface area (Å²) in [5, 5.41) is 0. The van der Waals surface area contributed by atoms with E-state index in [0.717, 1.165) is 15.6 Å². The van der Waals surface area contributed by atoms with Crippen molar-refractivity contribution in [2.75, 3.05) is 0 Å². The first-order chi connectivity index (χ1) is 9.95. The average Bonchev–Trinajstić information content (AvgIpc) is 2.79. The van der Waals surface area contributed by atoms with Crippen molar-refractivity contribution in [2.45, 2.75) is 11.8 Å². The Labute approximate surface area is 136 Å². The van der Waals surface area contributed by atoms with E-state index >= 15 is 0 Å². The lowest BCUT2D eigenvalue weighted by molar-refractivity contribution is 0.613. The Balaban J connectivity index is 2.16. The molecule has 0 aliphatic rings. The maximum Gasteiger partial charge on any atom is 0.323 e. The number of hydrogen-bond acceptors (Lipinski definition) is 1. The minimum absolute atomic E-state index is 0.262. The zero-order valence-electron chi connectivity index (χ0n) is 11.0. The minimum atomic E-state index is -0.311. The molecule has 3 rings (SSSR count). The number of fused-ring (bicyclic) bond motifs is 1. The van der Waals surface area contributed by atoms with Crippen LogP contribution in [-0.4, -0.2) is 9.97 Å². The number of nitrogens with one attached hydrogen (secondary N) is 2. The van der Waals surface area contributed by atoms with Crippen LogP contribution in [0.1, 0.15) is 21.5 Å². The predicted octanol–water partition coefficient (Wildman–Crippen LogP) is 4.55. The van der Waals surface area contributed by atoms with Gasteiger partial charge < -0.3 is 9.97 Å². The molecule has 0 saturated heterocycles. The van der Waals surface area contributed by atoms with Crippen LogP contribution in [-0.2, 0) is 0 Å². The first kappa shape index (κ1) is 14.5. The highest BCUT2D eigenvalue weighted by molar-refractivity contribution is 9.11. The molecule has 0 amide bonds. The number of benzene rings is 2. The van der Waals surface area contributed by atoms with Gasteiger partial charge in [0.15, 0.2) is 0 Å². The highest BCUT2D eigenvalue weighted by atomic mass is 79.9. The fraction of sp³-hybridized carbons (Fsp3) is 0.133. The van der Waals surface area contributed by atoms with E-state index in [1.54, 1.807) is 6.07 Å². The molecule has 0 spiro atoms. The van der Waals surface area contributed by atoms with Gasteiger partial charge in [-0.3, -0.25) is 0 Å². The molecule has 0 saturated carbocycles. The lowest BCUT2D eigenvalue weighted by Crippen LogP contribution is -1.99. The lowest BCUT2D eigenvalue weighted by Gasteiger charge is -2.14. The topological polar surface area (TPSA) is 48.6 Å². The number of aryl methyl sites for hydroxylation is 1. The molecule has 6 heteroatoms. The van der Waals surface area contributed by atoms with E-state index in [9.17, 15) is 9.18 Å². The van der Waals surface area contributed by atoms with Gasteiger partial charge in [-0.05, 0) is 30.7 Å². The zero-order chi connectivity index (χ0) is 15.1. The van der Waals surface area contributed by atoms with Crippen LogP contribution in [0, 0.1) is 12.7 Å². The van der Waals surface area contributed by atoms with Crippen LogP contribution in [0.5, 0.6) is 0 Å². The summed E-state index contributed by atoms with van der Waals surface area (Å²) in [6, 6.07) is 8.65. The van der Waals surface area contributed by atoms with Gasteiger partial charge in [0, 0.05) is 10.0 Å². The molecule has 3 nitrogen and oxygen atoms in total. The number of rotatable bonds is 2. The summed E-state index contributed by atoms with van der Waals surface area (Å²) < 4.78 is 14.8. The Morgan fingerprint density at radius 1 is 1.10 bits per heavy atom. The number of alkyl halides is 1. The fourth-order valence-electron chi connectivity index (χ4n) is 2.29. The lowest BCUT2D eigenvalue weighted by atomic mass is 10.0. The Morgan fingerprint density at radius 3 is 2.48 bits per heavy atom. The van der Waals surface area contributed by atoms with E-state index in [1.165, 1.54) is 6.07 Å². The van der Waals surface area contributed by atoms with Crippen LogP contribution in [0.15, 0.2) is 39.6 Å². The van der Waals surface area contributed by atoms with E-state index in [4.69, 9.17) is 0 Å². The van der Waals surface area contributed by atoms with Gasteiger partial charge in [0.25, 0.3) is 0 Å². The first-order valence-electron chi connectivity index (χ1n) is 6.27. The van der Waals surface area contributed by atoms with Gasteiger partial charge >= 0.3 is 5.69 Å². The van der Waals surface area contributed by atoms with E-state index in [-0.39, 0.29) is 16.3 Å². The maximum absolute atomic E-state index is 14.0. The second-order valence-corrected chi connectivity index (χ2v) is 6.66. The summed E-state index contributed by atoms with van der Waals surface area (Å²) in [7, 11) is 0. The van der Waals surface area contributed by atoms with Crippen molar-refractivity contribution in [1.82, 2.24) is 9.97 Å². The third kappa shape index (κ3) is 2.70. The number of imidazole rings is 1. The summed E-state index contributed by atoms with van der Waals surface area (Å²) in [5.41, 5.74) is 3.54. The van der Waals surface area contributed by atoms with Gasteiger partial charge in [-0.1, -0.05) is 49.6 Å². The van der Waals surface area contributed by atoms with Crippen molar-refractivity contribution < 1.29 is 4.39 Å². The van der Waals surface area contributed by atoms with Crippen LogP contribution in [0.3, 0.4) is 0 Å². The molecular weight excluding hydrogens is 403 g/mol. The SMILES string of the molecule is Cc1ccc(F)c(C(Br)c2cc3[nH]c(=O)[nH]c3cc2Br)c1. The van der Waals surface area contributed by atoms with Crippen molar-refractivity contribution in [2.24, 2.45) is 0 Å². The molecular formula is C15H11Br2FN2O. The van der Waals surface area contributed by atoms with Crippen LogP contribution < -0.4 is 5.69 Å². The Bertz CT molecular complexity index is 885. The number of H-pyrrole nitrogens is 2. The van der Waals surface area contributed by atoms with Gasteiger partial charge in [-0.15, -0.1) is 0 Å². The van der Waals surface area contributed by atoms with Crippen molar-refractivity contribution in [3.8, 4) is 0 Å². The van der Waals surface area contributed by atoms with Gasteiger partial charge in [0.05, 0.1) is 15.9 Å². The van der Waals surface area contributed by atoms with E-state index in [0.29, 0.717) is 16.6 Å². The van der Waals surface area contributed by atoms with Crippen molar-refractivity contribution >= 4 is 42.9 Å². The zero-order valence-corrected chi connectivity index (χ0v) is 14.2. The standard InChI is InChI=1S/C15H11Br2FN2O/c1-7-2-3-11(18)9(4-7)14(17)8-5-12-13(6-10(8)16)20-15(21)19-12/h2-6,14H,1H3,(H2,19,20,21). The fourth-order valence-corrected chi connectivity index (χ4v) is 3.90. The molecule has 1 heterocycles. The second kappa shape index (κ2) is 5.42. The van der Waals surface area contributed by atoms with Crippen LogP contribution in [0.4, 0.5) is 4.39 Å². The molecule has 1 atom stereocenters. The third-order valence-electron chi connectivity index (χ3n) is 3.33. The summed E-state index contributed by atoms with van der Waals surface area (Å²) in [5.74, 6) is -0.267. The summed E-state index contributed by atoms with van der Waals surface area (Å²) in [4.78, 5) is 16.4. The molecule has 2 N–H and O–H groups in total. The van der Waals surface area contributed by atoms with Crippen LogP contribution in [0.2, 0.25) is 0 Å². The summed E-state index contributed by atoms with van der Waals surface area (Å²) in [6.07, 6.45) is 0. The summed E-state index contributed by atoms with van der Waals surface area (Å²) >= 11 is 7.03. The second-order valence-electron chi connectivity index (χ2n) is 4.89. The normalized spacial score (nSPS) is 12.8. The molecule has 108 valence electrons. The maximum atomic E-state index is 14.0. The Morgan fingerprint density at radius 2 is 1.76 bits per heavy atom. The van der Waals surface area contributed by atoms with Gasteiger partial charge in [-0.25, -0.2) is 9.18 Å². The molecule has 0 aliphatic carbocycles. The minimum Gasteiger partial charge on any atom is -0.306 e. The monoisotopic (exact) mass is 412 g/mol. The Kier molecular flexibility index (Phi) is 3.75. The van der Waals surface area contributed by atoms with Gasteiger partial charge in [-0.2, -0.15) is 0 Å². The molecule has 1 unspecified atom stereocenters. The summed E-state index contributed by atoms with van der Waals surface area (Å²) in [6.45, 7) is 1.92. The number of aromatic nitrogens is 2. The van der Waals surface area contributed by atoms with E-state index < -0.39 is 0 Å². The third-order valence-corrected chi connectivity index (χ3v) is 5.00. The quantitative estimate of drug-likeness (QED) is 0.595. The van der Waals surface area contributed by atoms with Crippen LogP contribution in [0.25, 0.3) is 11.0 Å². The predicted molar refractivity (Wildman–Crippen MR) is 88.5 cm³/mol. The van der Waals surface area contributed by atoms with Crippen molar-refractivity contribution in [1.29, 1.82) is 0 Å². The molecule has 0 radical (unpaired) electrons. The molecule has 3 aromatic rings. The molecule has 0 fully saturated rings. The van der Waals surface area contributed by atoms with E-state index in [2.05, 4.69) is 41.8 Å². The number of halogens is 3. The highest BCUT2D eigenvalue weighted by Crippen LogP contribution is 2.38. The molecule has 1 aromatic heterocycles. The number of aromatic amines is 2. The molecule has 21 heavy (non-hydrogen) atoms. The first-order valence-corrected chi connectivity index (χ1v) is 7.98. The Hall–Kier alpha value is -1.40. The van der Waals surface area contributed by atoms with Gasteiger partial charge in [0.1, 0.15) is 5.82 Å². The largest absolute Gasteiger partial charge is 0.323 e. The molecule has 2 aromatic carbocycles. The van der Waals surface area contributed by atoms with E-state index in [1.807, 2.05) is 25.1 Å². The number of hydrogen-bond donors (Lipinski definition) is 2. The molecule has 0 bridgehead atoms.